The summed E-state index contributed by atoms with van der Waals surface area (Å²) in [4.78, 5) is 11.7. The van der Waals surface area contributed by atoms with E-state index in [1.807, 2.05) is 6.92 Å². The minimum Gasteiger partial charge on any atom is -0.394 e. The van der Waals surface area contributed by atoms with Crippen molar-refractivity contribution in [1.29, 1.82) is 0 Å². The number of aliphatic hydroxyl groups is 4. The van der Waals surface area contributed by atoms with Crippen LogP contribution in [0.3, 0.4) is 0 Å². The first-order valence-electron chi connectivity index (χ1n) is 6.83. The maximum Gasteiger partial charge on any atom is 0.135 e. The van der Waals surface area contributed by atoms with E-state index in [1.54, 1.807) is 0 Å². The molecule has 19 heavy (non-hydrogen) atoms. The average Bonchev–Trinajstić information content (AvgIpc) is 2.39. The fourth-order valence-corrected chi connectivity index (χ4v) is 2.25. The molecule has 1 aliphatic rings. The third kappa shape index (κ3) is 4.50. The third-order valence-electron chi connectivity index (χ3n) is 3.48. The number of carbonyl (C=O) groups is 1. The van der Waals surface area contributed by atoms with E-state index in [4.69, 9.17) is 9.84 Å². The lowest BCUT2D eigenvalue weighted by molar-refractivity contribution is -0.229. The topological polar surface area (TPSA) is 107 Å². The summed E-state index contributed by atoms with van der Waals surface area (Å²) in [5.41, 5.74) is 0. The van der Waals surface area contributed by atoms with Gasteiger partial charge in [0.25, 0.3) is 0 Å². The quantitative estimate of drug-likeness (QED) is 0.461. The summed E-state index contributed by atoms with van der Waals surface area (Å²) in [7, 11) is 0. The van der Waals surface area contributed by atoms with Crippen molar-refractivity contribution in [3.8, 4) is 0 Å². The SMILES string of the molecule is CCCCCC(=O)C[C@@H]1OC(CO)[C@@H](O)[C@H](O)C1O. The van der Waals surface area contributed by atoms with Gasteiger partial charge in [-0.25, -0.2) is 0 Å². The van der Waals surface area contributed by atoms with Crippen LogP contribution in [0.15, 0.2) is 0 Å². The number of hydrogen-bond donors (Lipinski definition) is 4. The minimum absolute atomic E-state index is 0.00877. The molecular weight excluding hydrogens is 252 g/mol. The zero-order chi connectivity index (χ0) is 14.4. The van der Waals surface area contributed by atoms with Crippen molar-refractivity contribution >= 4 is 5.78 Å². The van der Waals surface area contributed by atoms with Crippen LogP contribution < -0.4 is 0 Å². The van der Waals surface area contributed by atoms with Crippen molar-refractivity contribution in [2.75, 3.05) is 6.61 Å². The van der Waals surface area contributed by atoms with Crippen LogP contribution in [0.2, 0.25) is 0 Å². The van der Waals surface area contributed by atoms with Crippen molar-refractivity contribution in [2.45, 2.75) is 69.5 Å². The summed E-state index contributed by atoms with van der Waals surface area (Å²) in [5, 5.41) is 38.0. The van der Waals surface area contributed by atoms with E-state index in [-0.39, 0.29) is 12.2 Å². The van der Waals surface area contributed by atoms with Gasteiger partial charge in [0.1, 0.15) is 30.2 Å². The Bertz CT molecular complexity index is 280. The van der Waals surface area contributed by atoms with Gasteiger partial charge in [0.15, 0.2) is 0 Å². The van der Waals surface area contributed by atoms with Gasteiger partial charge >= 0.3 is 0 Å². The minimum atomic E-state index is -1.40. The lowest BCUT2D eigenvalue weighted by Crippen LogP contribution is -2.58. The highest BCUT2D eigenvalue weighted by Gasteiger charge is 2.43. The lowest BCUT2D eigenvalue weighted by Gasteiger charge is -2.39. The second-order valence-electron chi connectivity index (χ2n) is 5.07. The molecule has 6 nitrogen and oxygen atoms in total. The highest BCUT2D eigenvalue weighted by Crippen LogP contribution is 2.23. The van der Waals surface area contributed by atoms with Crippen molar-refractivity contribution in [1.82, 2.24) is 0 Å². The first-order valence-corrected chi connectivity index (χ1v) is 6.83. The smallest absolute Gasteiger partial charge is 0.135 e. The standard InChI is InChI=1S/C13H24O6/c1-2-3-4-5-8(15)6-9-11(16)13(18)12(17)10(7-14)19-9/h9-14,16-18H,2-7H2,1H3/t9-,10?,11?,12+,13+/m0/s1. The molecule has 0 bridgehead atoms. The average molecular weight is 276 g/mol. The van der Waals surface area contributed by atoms with Crippen LogP contribution in [0.1, 0.15) is 39.0 Å². The molecule has 1 aliphatic heterocycles. The van der Waals surface area contributed by atoms with E-state index < -0.39 is 37.1 Å². The Hall–Kier alpha value is -0.530. The van der Waals surface area contributed by atoms with Crippen LogP contribution >= 0.6 is 0 Å². The van der Waals surface area contributed by atoms with E-state index in [1.165, 1.54) is 0 Å². The van der Waals surface area contributed by atoms with Crippen LogP contribution in [0.5, 0.6) is 0 Å². The second-order valence-corrected chi connectivity index (χ2v) is 5.07. The number of Topliss-reactive ketones (excluding diaryl/α,β-unsaturated/α-hetero) is 1. The summed E-state index contributed by atoms with van der Waals surface area (Å²) < 4.78 is 5.28. The van der Waals surface area contributed by atoms with Gasteiger partial charge in [-0.1, -0.05) is 19.8 Å². The van der Waals surface area contributed by atoms with Gasteiger partial charge in [-0.3, -0.25) is 4.79 Å². The summed E-state index contributed by atoms with van der Waals surface area (Å²) in [5.74, 6) is -0.0437. The fourth-order valence-electron chi connectivity index (χ4n) is 2.25. The molecule has 5 atom stereocenters. The Balaban J connectivity index is 2.49. The Morgan fingerprint density at radius 2 is 1.68 bits per heavy atom. The molecule has 2 unspecified atom stereocenters. The summed E-state index contributed by atoms with van der Waals surface area (Å²) in [6.45, 7) is 1.58. The van der Waals surface area contributed by atoms with Gasteiger partial charge in [-0.2, -0.15) is 0 Å². The van der Waals surface area contributed by atoms with Crippen molar-refractivity contribution in [3.05, 3.63) is 0 Å². The second kappa shape index (κ2) is 7.91. The molecule has 0 aromatic heterocycles. The Labute approximate surface area is 113 Å². The summed E-state index contributed by atoms with van der Waals surface area (Å²) >= 11 is 0. The molecule has 6 heteroatoms. The maximum atomic E-state index is 11.7. The fraction of sp³-hybridized carbons (Fsp3) is 0.923. The van der Waals surface area contributed by atoms with Gasteiger partial charge in [-0.05, 0) is 6.42 Å². The maximum absolute atomic E-state index is 11.7. The first kappa shape index (κ1) is 16.5. The van der Waals surface area contributed by atoms with Gasteiger partial charge < -0.3 is 25.2 Å². The van der Waals surface area contributed by atoms with Gasteiger partial charge in [-0.15, -0.1) is 0 Å². The van der Waals surface area contributed by atoms with Crippen LogP contribution in [-0.4, -0.2) is 63.3 Å². The van der Waals surface area contributed by atoms with Crippen molar-refractivity contribution in [3.63, 3.8) is 0 Å². The molecule has 0 aliphatic carbocycles. The highest BCUT2D eigenvalue weighted by molar-refractivity contribution is 5.78. The molecule has 0 spiro atoms. The zero-order valence-electron chi connectivity index (χ0n) is 11.2. The Kier molecular flexibility index (Phi) is 6.88. The predicted octanol–water partition coefficient (Wildman–Crippen LogP) is -0.632. The number of ether oxygens (including phenoxy) is 1. The summed E-state index contributed by atoms with van der Waals surface area (Å²) in [6.07, 6.45) is -2.69. The molecular formula is C13H24O6. The number of unbranched alkanes of at least 4 members (excludes halogenated alkanes) is 2. The molecule has 1 saturated heterocycles. The van der Waals surface area contributed by atoms with Crippen LogP contribution in [-0.2, 0) is 9.53 Å². The van der Waals surface area contributed by atoms with Crippen LogP contribution in [0.4, 0.5) is 0 Å². The van der Waals surface area contributed by atoms with E-state index >= 15 is 0 Å². The zero-order valence-corrected chi connectivity index (χ0v) is 11.2. The predicted molar refractivity (Wildman–Crippen MR) is 67.5 cm³/mol. The largest absolute Gasteiger partial charge is 0.394 e. The molecule has 0 aromatic rings. The van der Waals surface area contributed by atoms with E-state index in [0.29, 0.717) is 6.42 Å². The van der Waals surface area contributed by atoms with E-state index in [0.717, 1.165) is 19.3 Å². The van der Waals surface area contributed by atoms with E-state index in [2.05, 4.69) is 0 Å². The molecule has 1 rings (SSSR count). The van der Waals surface area contributed by atoms with Crippen molar-refractivity contribution < 1.29 is 30.0 Å². The molecule has 0 radical (unpaired) electrons. The lowest BCUT2D eigenvalue weighted by atomic mass is 9.92. The number of hydrogen-bond acceptors (Lipinski definition) is 6. The number of carbonyl (C=O) groups excluding carboxylic acids is 1. The van der Waals surface area contributed by atoms with Crippen molar-refractivity contribution in [2.24, 2.45) is 0 Å². The molecule has 0 saturated carbocycles. The third-order valence-corrected chi connectivity index (χ3v) is 3.48. The molecule has 1 fully saturated rings. The molecule has 112 valence electrons. The highest BCUT2D eigenvalue weighted by atomic mass is 16.5. The van der Waals surface area contributed by atoms with Crippen LogP contribution in [0.25, 0.3) is 0 Å². The monoisotopic (exact) mass is 276 g/mol. The first-order chi connectivity index (χ1) is 9.01. The van der Waals surface area contributed by atoms with Gasteiger partial charge in [0.2, 0.25) is 0 Å². The Morgan fingerprint density at radius 1 is 1.05 bits per heavy atom. The molecule has 4 N–H and O–H groups in total. The Morgan fingerprint density at radius 3 is 2.26 bits per heavy atom. The molecule has 0 amide bonds. The molecule has 1 heterocycles. The van der Waals surface area contributed by atoms with Gasteiger partial charge in [0, 0.05) is 12.8 Å². The number of ketones is 1. The number of rotatable bonds is 7. The van der Waals surface area contributed by atoms with Crippen LogP contribution in [0, 0.1) is 0 Å². The normalized spacial score (nSPS) is 35.3. The van der Waals surface area contributed by atoms with E-state index in [9.17, 15) is 20.1 Å². The number of aliphatic hydroxyl groups excluding tert-OH is 4. The molecule has 0 aromatic carbocycles. The summed E-state index contributed by atoms with van der Waals surface area (Å²) in [6, 6.07) is 0. The van der Waals surface area contributed by atoms with Gasteiger partial charge in [0.05, 0.1) is 12.7 Å².